The predicted octanol–water partition coefficient (Wildman–Crippen LogP) is 3.63. The summed E-state index contributed by atoms with van der Waals surface area (Å²) in [6.45, 7) is 5.11. The van der Waals surface area contributed by atoms with Gasteiger partial charge in [-0.15, -0.1) is 11.3 Å². The van der Waals surface area contributed by atoms with Gasteiger partial charge in [-0.2, -0.15) is 0 Å². The van der Waals surface area contributed by atoms with E-state index in [1.165, 1.54) is 29.0 Å². The van der Waals surface area contributed by atoms with Gasteiger partial charge < -0.3 is 9.80 Å². The molecule has 0 radical (unpaired) electrons. The number of fused-ring (bicyclic) bond motifs is 1. The van der Waals surface area contributed by atoms with E-state index in [-0.39, 0.29) is 23.5 Å². The zero-order valence-corrected chi connectivity index (χ0v) is 19.3. The van der Waals surface area contributed by atoms with Crippen molar-refractivity contribution >= 4 is 33.4 Å². The van der Waals surface area contributed by atoms with Crippen LogP contribution in [0.1, 0.15) is 28.2 Å². The molecule has 0 saturated carbocycles. The summed E-state index contributed by atoms with van der Waals surface area (Å²) in [6, 6.07) is 13.8. The van der Waals surface area contributed by atoms with Gasteiger partial charge in [-0.05, 0) is 49.2 Å². The van der Waals surface area contributed by atoms with Crippen molar-refractivity contribution in [2.24, 2.45) is 5.92 Å². The SMILES string of the molecule is O=C(c1ccc(F)cc1)N1CCC(C(=O)N2CCN(Cc3nc4ccccc4s3)CC2)CC1. The smallest absolute Gasteiger partial charge is 0.253 e. The van der Waals surface area contributed by atoms with Crippen LogP contribution in [0.25, 0.3) is 10.2 Å². The Morgan fingerprint density at radius 3 is 2.30 bits per heavy atom. The molecule has 0 spiro atoms. The summed E-state index contributed by atoms with van der Waals surface area (Å²) in [6.07, 6.45) is 1.36. The summed E-state index contributed by atoms with van der Waals surface area (Å²) in [5.41, 5.74) is 1.54. The molecule has 0 N–H and O–H groups in total. The number of halogens is 1. The normalized spacial score (nSPS) is 18.1. The molecule has 33 heavy (non-hydrogen) atoms. The molecule has 2 aliphatic heterocycles. The fourth-order valence-corrected chi connectivity index (χ4v) is 5.68. The summed E-state index contributed by atoms with van der Waals surface area (Å²) in [5.74, 6) is -0.262. The van der Waals surface area contributed by atoms with Gasteiger partial charge in [-0.3, -0.25) is 14.5 Å². The van der Waals surface area contributed by atoms with Crippen molar-refractivity contribution in [2.75, 3.05) is 39.3 Å². The second kappa shape index (κ2) is 9.57. The van der Waals surface area contributed by atoms with Gasteiger partial charge in [0.05, 0.1) is 16.8 Å². The maximum atomic E-state index is 13.1. The Bertz CT molecular complexity index is 1100. The Labute approximate surface area is 196 Å². The summed E-state index contributed by atoms with van der Waals surface area (Å²) in [5, 5.41) is 1.12. The quantitative estimate of drug-likeness (QED) is 0.589. The highest BCUT2D eigenvalue weighted by molar-refractivity contribution is 7.18. The van der Waals surface area contributed by atoms with E-state index in [4.69, 9.17) is 4.98 Å². The summed E-state index contributed by atoms with van der Waals surface area (Å²) >= 11 is 1.74. The molecule has 2 saturated heterocycles. The first-order chi connectivity index (χ1) is 16.1. The molecule has 0 atom stereocenters. The van der Waals surface area contributed by atoms with Crippen molar-refractivity contribution in [3.8, 4) is 0 Å². The number of piperidine rings is 1. The molecule has 0 unspecified atom stereocenters. The van der Waals surface area contributed by atoms with E-state index < -0.39 is 0 Å². The number of nitrogens with zero attached hydrogens (tertiary/aromatic N) is 4. The zero-order chi connectivity index (χ0) is 22.8. The average molecular weight is 467 g/mol. The lowest BCUT2D eigenvalue weighted by Crippen LogP contribution is -2.51. The van der Waals surface area contributed by atoms with Crippen molar-refractivity contribution in [3.05, 3.63) is 64.9 Å². The number of carbonyl (C=O) groups excluding carboxylic acids is 2. The molecule has 3 aromatic rings. The number of piperazine rings is 1. The van der Waals surface area contributed by atoms with Crippen LogP contribution in [0, 0.1) is 11.7 Å². The summed E-state index contributed by atoms with van der Waals surface area (Å²) in [7, 11) is 0. The third kappa shape index (κ3) is 4.91. The maximum Gasteiger partial charge on any atom is 0.253 e. The number of rotatable bonds is 4. The highest BCUT2D eigenvalue weighted by Gasteiger charge is 2.32. The van der Waals surface area contributed by atoms with Gasteiger partial charge in [0.1, 0.15) is 10.8 Å². The van der Waals surface area contributed by atoms with Crippen LogP contribution in [0.5, 0.6) is 0 Å². The lowest BCUT2D eigenvalue weighted by atomic mass is 9.94. The molecule has 3 heterocycles. The number of likely N-dealkylation sites (tertiary alicyclic amines) is 1. The van der Waals surface area contributed by atoms with Gasteiger partial charge >= 0.3 is 0 Å². The van der Waals surface area contributed by atoms with Crippen LogP contribution in [-0.2, 0) is 11.3 Å². The largest absolute Gasteiger partial charge is 0.340 e. The van der Waals surface area contributed by atoms with E-state index in [0.29, 0.717) is 31.5 Å². The van der Waals surface area contributed by atoms with Gasteiger partial charge in [-0.25, -0.2) is 9.37 Å². The topological polar surface area (TPSA) is 56.8 Å². The first-order valence-electron chi connectivity index (χ1n) is 11.5. The second-order valence-electron chi connectivity index (χ2n) is 8.75. The van der Waals surface area contributed by atoms with E-state index in [1.54, 1.807) is 16.2 Å². The number of carbonyl (C=O) groups is 2. The molecule has 6 nitrogen and oxygen atoms in total. The molecular weight excluding hydrogens is 439 g/mol. The highest BCUT2D eigenvalue weighted by atomic mass is 32.1. The van der Waals surface area contributed by atoms with Crippen LogP contribution in [0.3, 0.4) is 0 Å². The number of amides is 2. The number of benzene rings is 2. The molecule has 172 valence electrons. The fraction of sp³-hybridized carbons (Fsp3) is 0.400. The molecule has 2 aromatic carbocycles. The third-order valence-electron chi connectivity index (χ3n) is 6.60. The summed E-state index contributed by atoms with van der Waals surface area (Å²) in [4.78, 5) is 36.6. The van der Waals surface area contributed by atoms with E-state index in [0.717, 1.165) is 43.2 Å². The first-order valence-corrected chi connectivity index (χ1v) is 12.3. The Morgan fingerprint density at radius 1 is 0.909 bits per heavy atom. The minimum atomic E-state index is -0.351. The molecule has 0 aliphatic carbocycles. The fourth-order valence-electron chi connectivity index (χ4n) is 4.67. The molecular formula is C25H27FN4O2S. The Morgan fingerprint density at radius 2 is 1.61 bits per heavy atom. The predicted molar refractivity (Wildman–Crippen MR) is 127 cm³/mol. The number of thiazole rings is 1. The molecule has 1 aromatic heterocycles. The standard InChI is InChI=1S/C25H27FN4O2S/c26-20-7-5-18(6-8-20)24(31)29-11-9-19(10-12-29)25(32)30-15-13-28(14-16-30)17-23-27-21-3-1-2-4-22(21)33-23/h1-8,19H,9-17H2. The monoisotopic (exact) mass is 466 g/mol. The molecule has 5 rings (SSSR count). The van der Waals surface area contributed by atoms with Crippen LogP contribution in [0.2, 0.25) is 0 Å². The van der Waals surface area contributed by atoms with Gasteiger partial charge in [0.2, 0.25) is 5.91 Å². The Hall–Kier alpha value is -2.84. The molecule has 2 fully saturated rings. The molecule has 0 bridgehead atoms. The number of hydrogen-bond donors (Lipinski definition) is 0. The molecule has 2 amide bonds. The van der Waals surface area contributed by atoms with Crippen LogP contribution >= 0.6 is 11.3 Å². The zero-order valence-electron chi connectivity index (χ0n) is 18.5. The minimum Gasteiger partial charge on any atom is -0.340 e. The average Bonchev–Trinajstić information content (AvgIpc) is 3.26. The van der Waals surface area contributed by atoms with E-state index in [2.05, 4.69) is 11.0 Å². The van der Waals surface area contributed by atoms with E-state index >= 15 is 0 Å². The maximum absolute atomic E-state index is 13.1. The Balaban J connectivity index is 1.09. The highest BCUT2D eigenvalue weighted by Crippen LogP contribution is 2.25. The van der Waals surface area contributed by atoms with Gasteiger partial charge in [0.15, 0.2) is 0 Å². The van der Waals surface area contributed by atoms with E-state index in [1.807, 2.05) is 23.1 Å². The Kier molecular flexibility index (Phi) is 6.37. The van der Waals surface area contributed by atoms with Crippen molar-refractivity contribution < 1.29 is 14.0 Å². The van der Waals surface area contributed by atoms with Crippen LogP contribution in [-0.4, -0.2) is 70.8 Å². The van der Waals surface area contributed by atoms with Gasteiger partial charge in [0.25, 0.3) is 5.91 Å². The van der Waals surface area contributed by atoms with Gasteiger partial charge in [-0.1, -0.05) is 12.1 Å². The van der Waals surface area contributed by atoms with Crippen molar-refractivity contribution in [1.29, 1.82) is 0 Å². The number of para-hydroxylation sites is 1. The lowest BCUT2D eigenvalue weighted by Gasteiger charge is -2.38. The van der Waals surface area contributed by atoms with Crippen molar-refractivity contribution in [3.63, 3.8) is 0 Å². The lowest BCUT2D eigenvalue weighted by molar-refractivity contribution is -0.138. The van der Waals surface area contributed by atoms with Crippen LogP contribution in [0.4, 0.5) is 4.39 Å². The summed E-state index contributed by atoms with van der Waals surface area (Å²) < 4.78 is 14.3. The number of hydrogen-bond acceptors (Lipinski definition) is 5. The van der Waals surface area contributed by atoms with Crippen molar-refractivity contribution in [2.45, 2.75) is 19.4 Å². The van der Waals surface area contributed by atoms with Crippen molar-refractivity contribution in [1.82, 2.24) is 19.7 Å². The van der Waals surface area contributed by atoms with E-state index in [9.17, 15) is 14.0 Å². The van der Waals surface area contributed by atoms with Gasteiger partial charge in [0, 0.05) is 50.7 Å². The molecule has 8 heteroatoms. The molecule has 2 aliphatic rings. The van der Waals surface area contributed by atoms with Crippen LogP contribution in [0.15, 0.2) is 48.5 Å². The number of aromatic nitrogens is 1. The second-order valence-corrected chi connectivity index (χ2v) is 9.87. The van der Waals surface area contributed by atoms with Crippen LogP contribution < -0.4 is 0 Å². The third-order valence-corrected chi connectivity index (χ3v) is 7.62. The first kappa shape index (κ1) is 22.0. The minimum absolute atomic E-state index is 0.0296.